The number of nitrogens with zero attached hydrogens (tertiary/aromatic N) is 4. The van der Waals surface area contributed by atoms with Crippen molar-refractivity contribution < 1.29 is 47.8 Å². The molecule has 0 unspecified atom stereocenters. The predicted molar refractivity (Wildman–Crippen MR) is 218 cm³/mol. The summed E-state index contributed by atoms with van der Waals surface area (Å²) in [4.78, 5) is 103. The Bertz CT molecular complexity index is 2280. The lowest BCUT2D eigenvalue weighted by Gasteiger charge is -2.26. The highest BCUT2D eigenvalue weighted by Gasteiger charge is 2.40. The van der Waals surface area contributed by atoms with Crippen LogP contribution in [0.25, 0.3) is 0 Å². The highest BCUT2D eigenvalue weighted by molar-refractivity contribution is 6.23. The number of carbonyl (C=O) groups excluding carboxylic acids is 8. The van der Waals surface area contributed by atoms with Crippen molar-refractivity contribution in [3.63, 3.8) is 0 Å². The van der Waals surface area contributed by atoms with Gasteiger partial charge in [0.1, 0.15) is 36.3 Å². The van der Waals surface area contributed by atoms with Gasteiger partial charge in [-0.2, -0.15) is 0 Å². The van der Waals surface area contributed by atoms with Gasteiger partial charge in [-0.1, -0.05) is 67.8 Å². The van der Waals surface area contributed by atoms with Gasteiger partial charge < -0.3 is 9.47 Å². The molecule has 59 heavy (non-hydrogen) atoms. The van der Waals surface area contributed by atoms with Crippen LogP contribution < -0.4 is 9.47 Å². The SMILES string of the molecule is C.C.C.C.CC(C)(c1ccc(Oc2ccc3c(c2)C(=O)N(CN2C(=O)C=CC2=O)C3=O)cc1)c1ccc(Oc2ccc3c(c2)C(=O)N(CN2C(=O)C=CC2=O)C3=O)cc1. The average Bonchev–Trinajstić information content (AvgIpc) is 3.83. The minimum Gasteiger partial charge on any atom is -0.457 e. The van der Waals surface area contributed by atoms with E-state index in [1.54, 1.807) is 36.4 Å². The first-order valence-electron chi connectivity index (χ1n) is 16.9. The molecule has 0 saturated carbocycles. The number of benzene rings is 4. The van der Waals surface area contributed by atoms with Gasteiger partial charge in [0.2, 0.25) is 0 Å². The van der Waals surface area contributed by atoms with Crippen molar-refractivity contribution in [1.82, 2.24) is 19.6 Å². The summed E-state index contributed by atoms with van der Waals surface area (Å²) in [7, 11) is 0. The molecule has 14 heteroatoms. The van der Waals surface area contributed by atoms with E-state index in [4.69, 9.17) is 9.47 Å². The molecular weight excluding hydrogens is 757 g/mol. The van der Waals surface area contributed by atoms with E-state index in [-0.39, 0.29) is 52.0 Å². The molecule has 0 spiro atoms. The van der Waals surface area contributed by atoms with Gasteiger partial charge in [0.15, 0.2) is 0 Å². The first-order chi connectivity index (χ1) is 26.3. The number of amides is 8. The summed E-state index contributed by atoms with van der Waals surface area (Å²) in [6.45, 7) is 3.16. The summed E-state index contributed by atoms with van der Waals surface area (Å²) >= 11 is 0. The summed E-state index contributed by atoms with van der Waals surface area (Å²) in [6, 6.07) is 23.8. The number of ether oxygens (including phenoxy) is 2. The third kappa shape index (κ3) is 7.67. The number of hydrogen-bond acceptors (Lipinski definition) is 10. The molecule has 14 nitrogen and oxygen atoms in total. The van der Waals surface area contributed by atoms with E-state index < -0.39 is 66.0 Å². The van der Waals surface area contributed by atoms with Crippen LogP contribution in [0.1, 0.15) is 96.1 Å². The second kappa shape index (κ2) is 16.5. The van der Waals surface area contributed by atoms with Gasteiger partial charge in [-0.25, -0.2) is 0 Å². The maximum Gasteiger partial charge on any atom is 0.263 e. The minimum absolute atomic E-state index is 0. The summed E-state index contributed by atoms with van der Waals surface area (Å²) in [5.41, 5.74) is 2.00. The molecule has 0 aliphatic carbocycles. The van der Waals surface area contributed by atoms with Crippen LogP contribution in [-0.4, -0.2) is 80.2 Å². The van der Waals surface area contributed by atoms with Gasteiger partial charge in [0.25, 0.3) is 47.3 Å². The zero-order chi connectivity index (χ0) is 38.8. The highest BCUT2D eigenvalue weighted by atomic mass is 16.5. The van der Waals surface area contributed by atoms with E-state index in [9.17, 15) is 38.4 Å². The molecule has 4 heterocycles. The van der Waals surface area contributed by atoms with Crippen molar-refractivity contribution in [2.45, 2.75) is 49.0 Å². The fraction of sp³-hybridized carbons (Fsp3) is 0.200. The lowest BCUT2D eigenvalue weighted by molar-refractivity contribution is -0.139. The first-order valence-corrected chi connectivity index (χ1v) is 16.9. The second-order valence-electron chi connectivity index (χ2n) is 13.5. The maximum absolute atomic E-state index is 13.1. The molecule has 4 aromatic rings. The Labute approximate surface area is 341 Å². The van der Waals surface area contributed by atoms with Crippen LogP contribution in [0.2, 0.25) is 0 Å². The van der Waals surface area contributed by atoms with Gasteiger partial charge >= 0.3 is 0 Å². The first kappa shape index (κ1) is 44.2. The van der Waals surface area contributed by atoms with Crippen LogP contribution in [-0.2, 0) is 24.6 Å². The molecule has 0 bridgehead atoms. The Hall–Kier alpha value is -7.48. The molecule has 304 valence electrons. The topological polar surface area (TPSA) is 168 Å². The van der Waals surface area contributed by atoms with Crippen LogP contribution in [0.4, 0.5) is 0 Å². The lowest BCUT2D eigenvalue weighted by atomic mass is 9.78. The molecule has 0 radical (unpaired) electrons. The molecular formula is C45H44N4O10. The lowest BCUT2D eigenvalue weighted by Crippen LogP contribution is -2.43. The number of rotatable bonds is 10. The Morgan fingerprint density at radius 1 is 0.390 bits per heavy atom. The van der Waals surface area contributed by atoms with E-state index in [0.717, 1.165) is 55.0 Å². The highest BCUT2D eigenvalue weighted by Crippen LogP contribution is 2.36. The molecule has 4 aliphatic heterocycles. The fourth-order valence-corrected chi connectivity index (χ4v) is 6.67. The monoisotopic (exact) mass is 800 g/mol. The van der Waals surface area contributed by atoms with Crippen LogP contribution in [0.15, 0.2) is 109 Å². The third-order valence-corrected chi connectivity index (χ3v) is 9.87. The number of carbonyl (C=O) groups is 8. The molecule has 4 aromatic carbocycles. The fourth-order valence-electron chi connectivity index (χ4n) is 6.67. The predicted octanol–water partition coefficient (Wildman–Crippen LogP) is 7.10. The largest absolute Gasteiger partial charge is 0.457 e. The Morgan fingerprint density at radius 3 is 1.00 bits per heavy atom. The second-order valence-corrected chi connectivity index (χ2v) is 13.5. The maximum atomic E-state index is 13.1. The van der Waals surface area contributed by atoms with Crippen LogP contribution in [0.3, 0.4) is 0 Å². The summed E-state index contributed by atoms with van der Waals surface area (Å²) in [5, 5.41) is 0. The number of fused-ring (bicyclic) bond motifs is 2. The van der Waals surface area contributed by atoms with Crippen LogP contribution in [0.5, 0.6) is 23.0 Å². The van der Waals surface area contributed by atoms with Crippen molar-refractivity contribution in [2.75, 3.05) is 13.3 Å². The van der Waals surface area contributed by atoms with Crippen molar-refractivity contribution >= 4 is 47.3 Å². The normalized spacial score (nSPS) is 15.2. The van der Waals surface area contributed by atoms with E-state index >= 15 is 0 Å². The van der Waals surface area contributed by atoms with Gasteiger partial charge in [-0.3, -0.25) is 58.0 Å². The third-order valence-electron chi connectivity index (χ3n) is 9.87. The molecule has 0 aromatic heterocycles. The molecule has 8 rings (SSSR count). The Kier molecular flexibility index (Phi) is 12.4. The molecule has 0 saturated heterocycles. The smallest absolute Gasteiger partial charge is 0.263 e. The van der Waals surface area contributed by atoms with Crippen LogP contribution >= 0.6 is 0 Å². The molecule has 4 aliphatic rings. The molecule has 0 N–H and O–H groups in total. The number of imide groups is 4. The van der Waals surface area contributed by atoms with Gasteiger partial charge in [-0.05, 0) is 71.8 Å². The van der Waals surface area contributed by atoms with E-state index in [2.05, 4.69) is 13.8 Å². The standard InChI is InChI=1S/C41H28N4O10.4CH4/c1-41(2,23-3-7-25(8-4-23)54-27-11-13-29-31(19-27)39(52)44(37(29)50)21-42-33(46)15-16-34(42)47)24-5-9-26(10-6-24)55-28-12-14-30-32(20-28)40(53)45(38(30)51)22-43-35(48)17-18-36(43)49;;;;/h3-20H,21-22H2,1-2H3;4*1H4. The number of hydrogen-bond donors (Lipinski definition) is 0. The molecule has 8 amide bonds. The summed E-state index contributed by atoms with van der Waals surface area (Å²) in [6.07, 6.45) is 4.34. The summed E-state index contributed by atoms with van der Waals surface area (Å²) < 4.78 is 12.0. The Morgan fingerprint density at radius 2 is 0.678 bits per heavy atom. The average molecular weight is 801 g/mol. The Balaban J connectivity index is 0.00000192. The molecule has 0 atom stereocenters. The molecule has 0 fully saturated rings. The summed E-state index contributed by atoms with van der Waals surface area (Å²) in [5.74, 6) is -3.27. The van der Waals surface area contributed by atoms with Gasteiger partial charge in [-0.15, -0.1) is 0 Å². The van der Waals surface area contributed by atoms with E-state index in [1.807, 2.05) is 24.3 Å². The van der Waals surface area contributed by atoms with Crippen LogP contribution in [0, 0.1) is 0 Å². The van der Waals surface area contributed by atoms with E-state index in [0.29, 0.717) is 23.0 Å². The van der Waals surface area contributed by atoms with Crippen molar-refractivity contribution in [1.29, 1.82) is 0 Å². The van der Waals surface area contributed by atoms with Crippen molar-refractivity contribution in [3.8, 4) is 23.0 Å². The zero-order valence-corrected chi connectivity index (χ0v) is 29.2. The van der Waals surface area contributed by atoms with Gasteiger partial charge in [0, 0.05) is 29.7 Å². The van der Waals surface area contributed by atoms with E-state index in [1.165, 1.54) is 24.3 Å². The van der Waals surface area contributed by atoms with Gasteiger partial charge in [0.05, 0.1) is 22.3 Å². The van der Waals surface area contributed by atoms with Crippen molar-refractivity contribution in [3.05, 3.63) is 143 Å². The minimum atomic E-state index is -0.637. The quantitative estimate of drug-likeness (QED) is 0.151. The van der Waals surface area contributed by atoms with Crippen molar-refractivity contribution in [2.24, 2.45) is 0 Å². The zero-order valence-electron chi connectivity index (χ0n) is 29.2.